The maximum absolute atomic E-state index is 13.3. The first-order valence-electron chi connectivity index (χ1n) is 5.20. The van der Waals surface area contributed by atoms with Crippen molar-refractivity contribution in [1.82, 2.24) is 0 Å². The van der Waals surface area contributed by atoms with Gasteiger partial charge in [-0.05, 0) is 23.8 Å². The van der Waals surface area contributed by atoms with Gasteiger partial charge in [-0.15, -0.1) is 0 Å². The Balaban J connectivity index is 2.19. The minimum Gasteiger partial charge on any atom is -0.378 e. The molecule has 0 saturated carbocycles. The first-order valence-corrected chi connectivity index (χ1v) is 6.33. The third-order valence-electron chi connectivity index (χ3n) is 2.45. The zero-order valence-corrected chi connectivity index (χ0v) is 11.5. The van der Waals surface area contributed by atoms with Crippen LogP contribution in [0.15, 0.2) is 36.4 Å². The lowest BCUT2D eigenvalue weighted by atomic mass is 10.2. The van der Waals surface area contributed by atoms with Gasteiger partial charge in [0.1, 0.15) is 5.82 Å². The Labute approximate surface area is 119 Å². The van der Waals surface area contributed by atoms with Crippen LogP contribution in [0, 0.1) is 5.82 Å². The molecule has 2 aromatic rings. The summed E-state index contributed by atoms with van der Waals surface area (Å²) in [5.41, 5.74) is 1.26. The molecule has 0 aromatic heterocycles. The average Bonchev–Trinajstić information content (AvgIpc) is 2.33. The van der Waals surface area contributed by atoms with Crippen LogP contribution in [0.2, 0.25) is 15.1 Å². The Morgan fingerprint density at radius 3 is 2.22 bits per heavy atom. The average molecular weight is 305 g/mol. The Morgan fingerprint density at radius 1 is 0.944 bits per heavy atom. The van der Waals surface area contributed by atoms with Crippen LogP contribution in [-0.2, 0) is 6.54 Å². The van der Waals surface area contributed by atoms with Crippen LogP contribution in [0.5, 0.6) is 0 Å². The molecule has 0 spiro atoms. The van der Waals surface area contributed by atoms with E-state index >= 15 is 0 Å². The standard InChI is InChI=1S/C13H9Cl3FN/c14-9-4-2-5-10(15)13(9)18-7-8-3-1-6-11(17)12(8)16/h1-6,18H,7H2. The number of hydrogen-bond donors (Lipinski definition) is 1. The summed E-state index contributed by atoms with van der Waals surface area (Å²) in [6.45, 7) is 0.347. The maximum atomic E-state index is 13.3. The number of halogens is 4. The predicted octanol–water partition coefficient (Wildman–Crippen LogP) is 5.40. The van der Waals surface area contributed by atoms with Crippen LogP contribution in [0.3, 0.4) is 0 Å². The van der Waals surface area contributed by atoms with Crippen LogP contribution >= 0.6 is 34.8 Å². The molecule has 18 heavy (non-hydrogen) atoms. The van der Waals surface area contributed by atoms with Gasteiger partial charge in [-0.25, -0.2) is 4.39 Å². The molecule has 2 rings (SSSR count). The van der Waals surface area contributed by atoms with Crippen molar-refractivity contribution in [2.24, 2.45) is 0 Å². The van der Waals surface area contributed by atoms with Gasteiger partial charge in [0.15, 0.2) is 0 Å². The molecule has 0 aliphatic carbocycles. The van der Waals surface area contributed by atoms with Crippen molar-refractivity contribution < 1.29 is 4.39 Å². The molecule has 1 N–H and O–H groups in total. The van der Waals surface area contributed by atoms with Crippen molar-refractivity contribution >= 4 is 40.5 Å². The molecular formula is C13H9Cl3FN. The fourth-order valence-corrected chi connectivity index (χ4v) is 2.26. The molecule has 2 aromatic carbocycles. The molecule has 0 amide bonds. The first-order chi connectivity index (χ1) is 8.59. The van der Waals surface area contributed by atoms with Gasteiger partial charge in [0.2, 0.25) is 0 Å². The topological polar surface area (TPSA) is 12.0 Å². The number of hydrogen-bond acceptors (Lipinski definition) is 1. The van der Waals surface area contributed by atoms with Crippen molar-refractivity contribution in [1.29, 1.82) is 0 Å². The summed E-state index contributed by atoms with van der Waals surface area (Å²) >= 11 is 17.9. The third-order valence-corrected chi connectivity index (χ3v) is 3.50. The number of nitrogens with one attached hydrogen (secondary N) is 1. The van der Waals surface area contributed by atoms with Gasteiger partial charge in [-0.3, -0.25) is 0 Å². The molecule has 0 unspecified atom stereocenters. The SMILES string of the molecule is Fc1cccc(CNc2c(Cl)cccc2Cl)c1Cl. The van der Waals surface area contributed by atoms with Crippen molar-refractivity contribution in [3.8, 4) is 0 Å². The van der Waals surface area contributed by atoms with E-state index in [0.29, 0.717) is 27.8 Å². The van der Waals surface area contributed by atoms with Crippen molar-refractivity contribution in [2.45, 2.75) is 6.54 Å². The molecule has 0 radical (unpaired) electrons. The maximum Gasteiger partial charge on any atom is 0.142 e. The number of benzene rings is 2. The highest BCUT2D eigenvalue weighted by Gasteiger charge is 2.08. The van der Waals surface area contributed by atoms with E-state index < -0.39 is 5.82 Å². The quantitative estimate of drug-likeness (QED) is 0.800. The van der Waals surface area contributed by atoms with E-state index in [-0.39, 0.29) is 5.02 Å². The second-order valence-corrected chi connectivity index (χ2v) is 4.86. The number of anilines is 1. The molecule has 0 aliphatic rings. The molecule has 94 valence electrons. The van der Waals surface area contributed by atoms with Crippen molar-refractivity contribution in [3.63, 3.8) is 0 Å². The normalized spacial score (nSPS) is 10.4. The monoisotopic (exact) mass is 303 g/mol. The minimum atomic E-state index is -0.443. The summed E-state index contributed by atoms with van der Waals surface area (Å²) in [7, 11) is 0. The van der Waals surface area contributed by atoms with Crippen LogP contribution in [0.4, 0.5) is 10.1 Å². The van der Waals surface area contributed by atoms with Crippen LogP contribution < -0.4 is 5.32 Å². The minimum absolute atomic E-state index is 0.105. The Hall–Kier alpha value is -0.960. The summed E-state index contributed by atoms with van der Waals surface area (Å²) < 4.78 is 13.3. The zero-order chi connectivity index (χ0) is 13.1. The lowest BCUT2D eigenvalue weighted by molar-refractivity contribution is 0.626. The van der Waals surface area contributed by atoms with Crippen molar-refractivity contribution in [3.05, 3.63) is 62.8 Å². The highest BCUT2D eigenvalue weighted by atomic mass is 35.5. The van der Waals surface area contributed by atoms with Crippen LogP contribution in [-0.4, -0.2) is 0 Å². The van der Waals surface area contributed by atoms with E-state index in [9.17, 15) is 4.39 Å². The zero-order valence-electron chi connectivity index (χ0n) is 9.18. The molecule has 0 fully saturated rings. The lowest BCUT2D eigenvalue weighted by Gasteiger charge is -2.11. The van der Waals surface area contributed by atoms with Gasteiger partial charge in [-0.2, -0.15) is 0 Å². The molecule has 0 atom stereocenters. The smallest absolute Gasteiger partial charge is 0.142 e. The summed E-state index contributed by atoms with van der Waals surface area (Å²) in [5.74, 6) is -0.443. The summed E-state index contributed by atoms with van der Waals surface area (Å²) in [5, 5.41) is 4.17. The van der Waals surface area contributed by atoms with Gasteiger partial charge in [0.05, 0.1) is 20.8 Å². The van der Waals surface area contributed by atoms with Crippen molar-refractivity contribution in [2.75, 3.05) is 5.32 Å². The summed E-state index contributed by atoms with van der Waals surface area (Å²) in [4.78, 5) is 0. The van der Waals surface area contributed by atoms with Gasteiger partial charge >= 0.3 is 0 Å². The first kappa shape index (κ1) is 13.5. The summed E-state index contributed by atoms with van der Waals surface area (Å²) in [6.07, 6.45) is 0. The molecule has 1 nitrogen and oxygen atoms in total. The highest BCUT2D eigenvalue weighted by molar-refractivity contribution is 6.39. The number of para-hydroxylation sites is 1. The van der Waals surface area contributed by atoms with E-state index in [1.54, 1.807) is 30.3 Å². The highest BCUT2D eigenvalue weighted by Crippen LogP contribution is 2.31. The largest absolute Gasteiger partial charge is 0.378 e. The van der Waals surface area contributed by atoms with E-state index in [0.717, 1.165) is 0 Å². The summed E-state index contributed by atoms with van der Waals surface area (Å²) in [6, 6.07) is 9.86. The molecule has 0 bridgehead atoms. The van der Waals surface area contributed by atoms with Gasteiger partial charge < -0.3 is 5.32 Å². The van der Waals surface area contributed by atoms with Crippen LogP contribution in [0.1, 0.15) is 5.56 Å². The Morgan fingerprint density at radius 2 is 1.56 bits per heavy atom. The predicted molar refractivity (Wildman–Crippen MR) is 75.2 cm³/mol. The molecular weight excluding hydrogens is 296 g/mol. The lowest BCUT2D eigenvalue weighted by Crippen LogP contribution is -2.02. The second kappa shape index (κ2) is 5.79. The molecule has 0 heterocycles. The van der Waals surface area contributed by atoms with E-state index in [2.05, 4.69) is 5.32 Å². The Kier molecular flexibility index (Phi) is 4.33. The van der Waals surface area contributed by atoms with E-state index in [1.165, 1.54) is 6.07 Å². The number of rotatable bonds is 3. The fraction of sp³-hybridized carbons (Fsp3) is 0.0769. The molecule has 0 aliphatic heterocycles. The van der Waals surface area contributed by atoms with Gasteiger partial charge in [-0.1, -0.05) is 53.0 Å². The molecule has 0 saturated heterocycles. The third kappa shape index (κ3) is 2.89. The van der Waals surface area contributed by atoms with Gasteiger partial charge in [0.25, 0.3) is 0 Å². The van der Waals surface area contributed by atoms with Gasteiger partial charge in [0, 0.05) is 6.54 Å². The fourth-order valence-electron chi connectivity index (χ4n) is 1.54. The van der Waals surface area contributed by atoms with Crippen LogP contribution in [0.25, 0.3) is 0 Å². The van der Waals surface area contributed by atoms with E-state index in [1.807, 2.05) is 0 Å². The van der Waals surface area contributed by atoms with E-state index in [4.69, 9.17) is 34.8 Å². The second-order valence-electron chi connectivity index (χ2n) is 3.66. The Bertz CT molecular complexity index is 552. The molecule has 5 heteroatoms.